The van der Waals surface area contributed by atoms with Crippen molar-refractivity contribution >= 4 is 40.9 Å². The van der Waals surface area contributed by atoms with Crippen molar-refractivity contribution in [3.63, 3.8) is 0 Å². The molecule has 144 valence electrons. The molecule has 0 aliphatic rings. The van der Waals surface area contributed by atoms with Gasteiger partial charge in [-0.25, -0.2) is 14.5 Å². The summed E-state index contributed by atoms with van der Waals surface area (Å²) in [6.45, 7) is 2.12. The summed E-state index contributed by atoms with van der Waals surface area (Å²) in [7, 11) is 1.28. The van der Waals surface area contributed by atoms with Gasteiger partial charge in [0, 0.05) is 6.20 Å². The highest BCUT2D eigenvalue weighted by Crippen LogP contribution is 2.23. The quantitative estimate of drug-likeness (QED) is 0.636. The molecule has 3 rings (SSSR count). The summed E-state index contributed by atoms with van der Waals surface area (Å²) < 4.78 is 6.19. The second-order valence-electron chi connectivity index (χ2n) is 5.81. The Bertz CT molecular complexity index is 1030. The molecule has 1 N–H and O–H groups in total. The van der Waals surface area contributed by atoms with E-state index >= 15 is 0 Å². The third-order valence-electron chi connectivity index (χ3n) is 3.94. The van der Waals surface area contributed by atoms with Gasteiger partial charge in [0.15, 0.2) is 5.69 Å². The van der Waals surface area contributed by atoms with Gasteiger partial charge in [-0.3, -0.25) is 4.79 Å². The Morgan fingerprint density at radius 1 is 1.18 bits per heavy atom. The first-order valence-corrected chi connectivity index (χ1v) is 8.84. The van der Waals surface area contributed by atoms with Crippen molar-refractivity contribution in [1.29, 1.82) is 0 Å². The fourth-order valence-corrected chi connectivity index (χ4v) is 2.73. The summed E-state index contributed by atoms with van der Waals surface area (Å²) in [5, 5.41) is 11.5. The molecule has 1 amide bonds. The van der Waals surface area contributed by atoms with Crippen molar-refractivity contribution in [2.75, 3.05) is 12.4 Å². The molecule has 0 radical (unpaired) electrons. The average Bonchev–Trinajstić information content (AvgIpc) is 3.05. The van der Waals surface area contributed by atoms with Crippen molar-refractivity contribution in [3.8, 4) is 0 Å². The summed E-state index contributed by atoms with van der Waals surface area (Å²) in [6, 6.07) is 8.25. The molecular weight excluding hydrogens is 405 g/mol. The Labute approximate surface area is 170 Å². The van der Waals surface area contributed by atoms with E-state index in [1.807, 2.05) is 6.07 Å². The van der Waals surface area contributed by atoms with Crippen molar-refractivity contribution < 1.29 is 14.3 Å². The number of hydrogen-bond acceptors (Lipinski definition) is 6. The topological polar surface area (TPSA) is 99.0 Å². The molecule has 0 fully saturated rings. The van der Waals surface area contributed by atoms with E-state index in [0.29, 0.717) is 22.3 Å². The molecule has 2 heterocycles. The van der Waals surface area contributed by atoms with Gasteiger partial charge in [-0.05, 0) is 36.8 Å². The Kier molecular flexibility index (Phi) is 5.91. The lowest BCUT2D eigenvalue weighted by atomic mass is 10.2. The summed E-state index contributed by atoms with van der Waals surface area (Å²) in [5.74, 6) is -0.696. The summed E-state index contributed by atoms with van der Waals surface area (Å²) in [6.07, 6.45) is 1.31. The van der Waals surface area contributed by atoms with E-state index < -0.39 is 11.9 Å². The SMILES string of the molecule is COC(=O)c1ccc(NC(=O)c2nnn(Cc3ccc(Cl)c(Cl)c3)c2C)nc1. The van der Waals surface area contributed by atoms with Gasteiger partial charge >= 0.3 is 5.97 Å². The van der Waals surface area contributed by atoms with E-state index in [1.54, 1.807) is 23.7 Å². The van der Waals surface area contributed by atoms with Gasteiger partial charge in [-0.1, -0.05) is 34.5 Å². The van der Waals surface area contributed by atoms with Crippen LogP contribution in [0.4, 0.5) is 5.82 Å². The molecule has 8 nitrogen and oxygen atoms in total. The standard InChI is InChI=1S/C18H15Cl2N5O3/c1-10-16(17(26)22-15-6-4-12(8-21-15)18(27)28-2)23-24-25(10)9-11-3-5-13(19)14(20)7-11/h3-8H,9H2,1-2H3,(H,21,22,26). The first kappa shape index (κ1) is 19.8. The van der Waals surface area contributed by atoms with Gasteiger partial charge < -0.3 is 10.1 Å². The number of halogens is 2. The van der Waals surface area contributed by atoms with Crippen molar-refractivity contribution in [2.45, 2.75) is 13.5 Å². The summed E-state index contributed by atoms with van der Waals surface area (Å²) in [4.78, 5) is 27.9. The predicted octanol–water partition coefficient (Wildman–Crippen LogP) is 3.38. The Morgan fingerprint density at radius 2 is 1.96 bits per heavy atom. The highest BCUT2D eigenvalue weighted by molar-refractivity contribution is 6.42. The molecule has 28 heavy (non-hydrogen) atoms. The van der Waals surface area contributed by atoms with Crippen LogP contribution in [0.5, 0.6) is 0 Å². The van der Waals surface area contributed by atoms with Crippen molar-refractivity contribution in [3.05, 3.63) is 69.1 Å². The third kappa shape index (κ3) is 4.29. The van der Waals surface area contributed by atoms with E-state index in [9.17, 15) is 9.59 Å². The maximum absolute atomic E-state index is 12.5. The Balaban J connectivity index is 1.72. The van der Waals surface area contributed by atoms with Crippen LogP contribution in [0.15, 0.2) is 36.5 Å². The smallest absolute Gasteiger partial charge is 0.339 e. The first-order valence-electron chi connectivity index (χ1n) is 8.08. The van der Waals surface area contributed by atoms with Gasteiger partial charge in [0.05, 0.1) is 35.0 Å². The predicted molar refractivity (Wildman–Crippen MR) is 104 cm³/mol. The second kappa shape index (κ2) is 8.37. The van der Waals surface area contributed by atoms with E-state index in [2.05, 4.69) is 25.3 Å². The van der Waals surface area contributed by atoms with E-state index in [0.717, 1.165) is 5.56 Å². The number of benzene rings is 1. The van der Waals surface area contributed by atoms with Crippen LogP contribution in [0.3, 0.4) is 0 Å². The molecule has 1 aromatic carbocycles. The monoisotopic (exact) mass is 419 g/mol. The molecule has 0 unspecified atom stereocenters. The third-order valence-corrected chi connectivity index (χ3v) is 4.68. The number of nitrogens with zero attached hydrogens (tertiary/aromatic N) is 4. The number of amides is 1. The van der Waals surface area contributed by atoms with Crippen LogP contribution in [-0.2, 0) is 11.3 Å². The number of ether oxygens (including phenoxy) is 1. The number of aromatic nitrogens is 4. The lowest BCUT2D eigenvalue weighted by molar-refractivity contribution is 0.0600. The van der Waals surface area contributed by atoms with Crippen molar-refractivity contribution in [1.82, 2.24) is 20.0 Å². The lowest BCUT2D eigenvalue weighted by Gasteiger charge is -2.06. The van der Waals surface area contributed by atoms with Crippen LogP contribution in [0.25, 0.3) is 0 Å². The number of rotatable bonds is 5. The summed E-state index contributed by atoms with van der Waals surface area (Å²) >= 11 is 12.0. The molecule has 10 heteroatoms. The molecule has 0 saturated carbocycles. The van der Waals surface area contributed by atoms with Gasteiger partial charge in [-0.15, -0.1) is 5.10 Å². The van der Waals surface area contributed by atoms with Crippen LogP contribution in [0.1, 0.15) is 32.1 Å². The number of methoxy groups -OCH3 is 1. The van der Waals surface area contributed by atoms with Gasteiger partial charge in [-0.2, -0.15) is 0 Å². The fraction of sp³-hybridized carbons (Fsp3) is 0.167. The van der Waals surface area contributed by atoms with Crippen LogP contribution >= 0.6 is 23.2 Å². The number of carbonyl (C=O) groups excluding carboxylic acids is 2. The molecule has 3 aromatic rings. The minimum absolute atomic E-state index is 0.166. The van der Waals surface area contributed by atoms with E-state index in [4.69, 9.17) is 23.2 Å². The second-order valence-corrected chi connectivity index (χ2v) is 6.62. The number of hydrogen-bond donors (Lipinski definition) is 1. The zero-order chi connectivity index (χ0) is 20.3. The van der Waals surface area contributed by atoms with Crippen LogP contribution in [0.2, 0.25) is 10.0 Å². The minimum Gasteiger partial charge on any atom is -0.465 e. The molecule has 0 aliphatic carbocycles. The zero-order valence-corrected chi connectivity index (χ0v) is 16.5. The number of nitrogens with one attached hydrogen (secondary N) is 1. The fourth-order valence-electron chi connectivity index (χ4n) is 2.41. The van der Waals surface area contributed by atoms with E-state index in [-0.39, 0.29) is 17.1 Å². The van der Waals surface area contributed by atoms with Gasteiger partial charge in [0.25, 0.3) is 5.91 Å². The molecule has 0 spiro atoms. The molecule has 0 bridgehead atoms. The van der Waals surface area contributed by atoms with Crippen LogP contribution in [0, 0.1) is 6.92 Å². The zero-order valence-electron chi connectivity index (χ0n) is 14.9. The summed E-state index contributed by atoms with van der Waals surface area (Å²) in [5.41, 5.74) is 1.90. The number of pyridine rings is 1. The van der Waals surface area contributed by atoms with Gasteiger partial charge in [0.1, 0.15) is 5.82 Å². The molecule has 0 saturated heterocycles. The van der Waals surface area contributed by atoms with Crippen LogP contribution in [-0.4, -0.2) is 39.0 Å². The number of esters is 1. The molecular formula is C18H15Cl2N5O3. The lowest BCUT2D eigenvalue weighted by Crippen LogP contribution is -2.15. The average molecular weight is 420 g/mol. The highest BCUT2D eigenvalue weighted by Gasteiger charge is 2.18. The van der Waals surface area contributed by atoms with Crippen LogP contribution < -0.4 is 5.32 Å². The Morgan fingerprint density at radius 3 is 2.61 bits per heavy atom. The molecule has 0 aliphatic heterocycles. The Hall–Kier alpha value is -2.97. The maximum atomic E-state index is 12.5. The first-order chi connectivity index (χ1) is 13.4. The normalized spacial score (nSPS) is 10.6. The molecule has 0 atom stereocenters. The highest BCUT2D eigenvalue weighted by atomic mass is 35.5. The minimum atomic E-state index is -0.508. The van der Waals surface area contributed by atoms with Crippen molar-refractivity contribution in [2.24, 2.45) is 0 Å². The van der Waals surface area contributed by atoms with Gasteiger partial charge in [0.2, 0.25) is 0 Å². The number of anilines is 1. The molecule has 2 aromatic heterocycles. The van der Waals surface area contributed by atoms with E-state index in [1.165, 1.54) is 25.4 Å². The largest absolute Gasteiger partial charge is 0.465 e. The maximum Gasteiger partial charge on any atom is 0.339 e. The number of carbonyl (C=O) groups is 2.